The highest BCUT2D eigenvalue weighted by molar-refractivity contribution is 7.07. The highest BCUT2D eigenvalue weighted by Crippen LogP contribution is 2.32. The van der Waals surface area contributed by atoms with Crippen molar-refractivity contribution in [2.75, 3.05) is 0 Å². The first kappa shape index (κ1) is 11.9. The van der Waals surface area contributed by atoms with E-state index in [1.807, 2.05) is 18.4 Å². The summed E-state index contributed by atoms with van der Waals surface area (Å²) in [4.78, 5) is 25.4. The number of carbonyl (C=O) groups is 2. The first-order valence-corrected chi connectivity index (χ1v) is 7.25. The second-order valence-corrected chi connectivity index (χ2v) is 5.81. The van der Waals surface area contributed by atoms with Gasteiger partial charge in [0.15, 0.2) is 0 Å². The fourth-order valence-corrected chi connectivity index (χ4v) is 3.17. The maximum absolute atomic E-state index is 12.1. The third-order valence-corrected chi connectivity index (χ3v) is 4.29. The van der Waals surface area contributed by atoms with Crippen LogP contribution in [0.1, 0.15) is 37.8 Å². The Bertz CT molecular complexity index is 467. The summed E-state index contributed by atoms with van der Waals surface area (Å²) in [5.74, 6) is -0.0536. The molecule has 3 rings (SSSR count). The molecule has 0 radical (unpaired) electrons. The topological polar surface area (TPSA) is 49.4 Å². The van der Waals surface area contributed by atoms with Gasteiger partial charge in [-0.2, -0.15) is 11.3 Å². The normalized spacial score (nSPS) is 25.8. The lowest BCUT2D eigenvalue weighted by Gasteiger charge is -2.18. The average molecular weight is 264 g/mol. The van der Waals surface area contributed by atoms with Crippen LogP contribution in [0.2, 0.25) is 0 Å². The minimum Gasteiger partial charge on any atom is -0.299 e. The Morgan fingerprint density at radius 2 is 2.22 bits per heavy atom. The molecule has 0 aromatic carbocycles. The molecule has 2 fully saturated rings. The molecule has 1 aliphatic heterocycles. The van der Waals surface area contributed by atoms with Crippen molar-refractivity contribution in [3.05, 3.63) is 22.4 Å². The first-order chi connectivity index (χ1) is 8.66. The average Bonchev–Trinajstić information content (AvgIpc) is 2.91. The Kier molecular flexibility index (Phi) is 2.95. The van der Waals surface area contributed by atoms with E-state index in [-0.39, 0.29) is 29.9 Å². The molecule has 1 saturated carbocycles. The second kappa shape index (κ2) is 4.48. The fourth-order valence-electron chi connectivity index (χ4n) is 2.42. The monoisotopic (exact) mass is 264 g/mol. The predicted molar refractivity (Wildman–Crippen MR) is 69.1 cm³/mol. The number of rotatable bonds is 4. The Balaban J connectivity index is 1.67. The van der Waals surface area contributed by atoms with E-state index < -0.39 is 0 Å². The molecule has 18 heavy (non-hydrogen) atoms. The molecular weight excluding hydrogens is 248 g/mol. The van der Waals surface area contributed by atoms with Gasteiger partial charge in [-0.1, -0.05) is 0 Å². The van der Waals surface area contributed by atoms with Crippen molar-refractivity contribution in [3.8, 4) is 0 Å². The summed E-state index contributed by atoms with van der Waals surface area (Å²) in [7, 11) is 0. The smallest absolute Gasteiger partial charge is 0.247 e. The van der Waals surface area contributed by atoms with Gasteiger partial charge in [0.25, 0.3) is 0 Å². The molecule has 2 unspecified atom stereocenters. The van der Waals surface area contributed by atoms with Gasteiger partial charge in [0.1, 0.15) is 0 Å². The molecule has 1 N–H and O–H groups in total. The number of hydrogen-bond acceptors (Lipinski definition) is 4. The van der Waals surface area contributed by atoms with E-state index in [1.165, 1.54) is 10.5 Å². The molecule has 2 heterocycles. The lowest BCUT2D eigenvalue weighted by molar-refractivity contribution is -0.139. The number of nitrogens with zero attached hydrogens (tertiary/aromatic N) is 1. The molecule has 1 saturated heterocycles. The summed E-state index contributed by atoms with van der Waals surface area (Å²) in [6.07, 6.45) is 2.26. The van der Waals surface area contributed by atoms with Gasteiger partial charge in [-0.05, 0) is 42.2 Å². The lowest BCUT2D eigenvalue weighted by Crippen LogP contribution is -2.40. The molecule has 1 aliphatic carbocycles. The van der Waals surface area contributed by atoms with Gasteiger partial charge >= 0.3 is 0 Å². The molecule has 1 aromatic heterocycles. The predicted octanol–water partition coefficient (Wildman–Crippen LogP) is 1.69. The largest absolute Gasteiger partial charge is 0.299 e. The van der Waals surface area contributed by atoms with Crippen molar-refractivity contribution in [1.29, 1.82) is 0 Å². The van der Waals surface area contributed by atoms with Crippen molar-refractivity contribution in [3.63, 3.8) is 0 Å². The number of carbonyl (C=O) groups excluding carboxylic acids is 2. The van der Waals surface area contributed by atoms with E-state index >= 15 is 0 Å². The van der Waals surface area contributed by atoms with Crippen LogP contribution in [0, 0.1) is 0 Å². The summed E-state index contributed by atoms with van der Waals surface area (Å²) in [5.41, 5.74) is 1.17. The Morgan fingerprint density at radius 3 is 2.83 bits per heavy atom. The molecule has 5 heteroatoms. The number of thiophene rings is 1. The van der Waals surface area contributed by atoms with E-state index in [2.05, 4.69) is 10.7 Å². The van der Waals surface area contributed by atoms with Gasteiger partial charge in [0.05, 0.1) is 12.5 Å². The van der Waals surface area contributed by atoms with Crippen LogP contribution < -0.4 is 5.32 Å². The van der Waals surface area contributed by atoms with Gasteiger partial charge in [0.2, 0.25) is 11.8 Å². The summed E-state index contributed by atoms with van der Waals surface area (Å²) >= 11 is 1.64. The molecule has 2 amide bonds. The van der Waals surface area contributed by atoms with Gasteiger partial charge in [-0.3, -0.25) is 19.8 Å². The number of amides is 2. The summed E-state index contributed by atoms with van der Waals surface area (Å²) in [6, 6.07) is 2.00. The highest BCUT2D eigenvalue weighted by atomic mass is 32.1. The van der Waals surface area contributed by atoms with Crippen molar-refractivity contribution in [1.82, 2.24) is 10.2 Å². The first-order valence-electron chi connectivity index (χ1n) is 6.31. The third-order valence-electron chi connectivity index (χ3n) is 3.59. The van der Waals surface area contributed by atoms with E-state index in [1.54, 1.807) is 11.3 Å². The molecule has 2 atom stereocenters. The molecule has 1 aromatic rings. The maximum atomic E-state index is 12.1. The zero-order valence-electron chi connectivity index (χ0n) is 10.3. The summed E-state index contributed by atoms with van der Waals surface area (Å²) in [5, 5.41) is 7.36. The Hall–Kier alpha value is -1.20. The summed E-state index contributed by atoms with van der Waals surface area (Å²) < 4.78 is 0. The number of nitrogens with one attached hydrogen (secondary N) is 1. The van der Waals surface area contributed by atoms with Crippen LogP contribution in [-0.4, -0.2) is 28.8 Å². The second-order valence-electron chi connectivity index (χ2n) is 5.03. The van der Waals surface area contributed by atoms with Gasteiger partial charge in [0, 0.05) is 12.1 Å². The molecule has 4 nitrogen and oxygen atoms in total. The molecule has 2 aliphatic rings. The standard InChI is InChI=1S/C13H16N2O2S/c1-8(9-4-5-18-7-9)14-11-6-12(16)15(13(11)17)10-2-3-10/h4-5,7-8,10-11,14H,2-3,6H2,1H3. The van der Waals surface area contributed by atoms with Crippen LogP contribution in [0.25, 0.3) is 0 Å². The van der Waals surface area contributed by atoms with Gasteiger partial charge in [-0.15, -0.1) is 0 Å². The van der Waals surface area contributed by atoms with Crippen LogP contribution in [0.5, 0.6) is 0 Å². The van der Waals surface area contributed by atoms with Crippen LogP contribution >= 0.6 is 11.3 Å². The van der Waals surface area contributed by atoms with E-state index in [9.17, 15) is 9.59 Å². The molecular formula is C13H16N2O2S. The zero-order chi connectivity index (χ0) is 12.7. The third kappa shape index (κ3) is 2.08. The van der Waals surface area contributed by atoms with Crippen molar-refractivity contribution in [2.24, 2.45) is 0 Å². The van der Waals surface area contributed by atoms with Crippen molar-refractivity contribution >= 4 is 23.2 Å². The van der Waals surface area contributed by atoms with Crippen molar-refractivity contribution < 1.29 is 9.59 Å². The molecule has 0 bridgehead atoms. The van der Waals surface area contributed by atoms with Crippen LogP contribution in [0.15, 0.2) is 16.8 Å². The quantitative estimate of drug-likeness (QED) is 0.842. The SMILES string of the molecule is CC(NC1CC(=O)N(C2CC2)C1=O)c1ccsc1. The summed E-state index contributed by atoms with van der Waals surface area (Å²) in [6.45, 7) is 2.03. The molecule has 0 spiro atoms. The van der Waals surface area contributed by atoms with E-state index in [0.29, 0.717) is 6.42 Å². The number of hydrogen-bond donors (Lipinski definition) is 1. The number of imide groups is 1. The fraction of sp³-hybridized carbons (Fsp3) is 0.538. The van der Waals surface area contributed by atoms with Gasteiger partial charge < -0.3 is 0 Å². The van der Waals surface area contributed by atoms with Crippen molar-refractivity contribution in [2.45, 2.75) is 44.3 Å². The maximum Gasteiger partial charge on any atom is 0.247 e. The van der Waals surface area contributed by atoms with Crippen LogP contribution in [-0.2, 0) is 9.59 Å². The lowest BCUT2D eigenvalue weighted by atomic mass is 10.1. The Morgan fingerprint density at radius 1 is 1.44 bits per heavy atom. The minimum atomic E-state index is -0.340. The zero-order valence-corrected chi connectivity index (χ0v) is 11.1. The van der Waals surface area contributed by atoms with Gasteiger partial charge in [-0.25, -0.2) is 0 Å². The van der Waals surface area contributed by atoms with E-state index in [0.717, 1.165) is 12.8 Å². The van der Waals surface area contributed by atoms with Crippen LogP contribution in [0.4, 0.5) is 0 Å². The van der Waals surface area contributed by atoms with Crippen LogP contribution in [0.3, 0.4) is 0 Å². The minimum absolute atomic E-state index is 0.0162. The molecule has 96 valence electrons. The van der Waals surface area contributed by atoms with E-state index in [4.69, 9.17) is 0 Å². The highest BCUT2D eigenvalue weighted by Gasteiger charge is 2.46. The Labute approximate surface area is 110 Å². The number of likely N-dealkylation sites (tertiary alicyclic amines) is 1.